The standard InChI is InChI=1S/C8H10BrN3S/c1-6-8(2-3-13-6)11-12-5-7(9)4-10-12/h4-6H,2-3H2,1H3/b11-8+. The Morgan fingerprint density at radius 2 is 2.62 bits per heavy atom. The van der Waals surface area contributed by atoms with E-state index in [1.54, 1.807) is 11.0 Å². The normalized spacial score (nSPS) is 25.7. The highest BCUT2D eigenvalue weighted by atomic mass is 79.9. The molecule has 0 spiro atoms. The van der Waals surface area contributed by atoms with E-state index in [4.69, 9.17) is 0 Å². The molecule has 70 valence electrons. The number of thioether (sulfide) groups is 1. The monoisotopic (exact) mass is 259 g/mol. The Kier molecular flexibility index (Phi) is 2.74. The summed E-state index contributed by atoms with van der Waals surface area (Å²) in [6.45, 7) is 2.19. The summed E-state index contributed by atoms with van der Waals surface area (Å²) < 4.78 is 0.968. The van der Waals surface area contributed by atoms with Gasteiger partial charge >= 0.3 is 0 Å². The molecule has 1 aliphatic heterocycles. The third kappa shape index (κ3) is 2.14. The number of rotatable bonds is 1. The maximum absolute atomic E-state index is 4.43. The van der Waals surface area contributed by atoms with Gasteiger partial charge in [0.25, 0.3) is 0 Å². The first-order valence-electron chi connectivity index (χ1n) is 4.15. The Bertz CT molecular complexity index is 334. The molecule has 0 aromatic carbocycles. The van der Waals surface area contributed by atoms with Crippen LogP contribution in [0.4, 0.5) is 0 Å². The van der Waals surface area contributed by atoms with Crippen molar-refractivity contribution in [2.24, 2.45) is 5.10 Å². The van der Waals surface area contributed by atoms with Gasteiger partial charge in [-0.15, -0.1) is 0 Å². The SMILES string of the molecule is CC1SCC/C1=N\n1cc(Br)cn1. The minimum Gasteiger partial charge on any atom is -0.159 e. The fraction of sp³-hybridized carbons (Fsp3) is 0.500. The lowest BCUT2D eigenvalue weighted by Crippen LogP contribution is -2.08. The van der Waals surface area contributed by atoms with Crippen LogP contribution in [0.2, 0.25) is 0 Å². The Morgan fingerprint density at radius 1 is 1.77 bits per heavy atom. The van der Waals surface area contributed by atoms with Gasteiger partial charge < -0.3 is 0 Å². The van der Waals surface area contributed by atoms with E-state index in [2.05, 4.69) is 33.1 Å². The molecule has 1 aliphatic rings. The van der Waals surface area contributed by atoms with Gasteiger partial charge in [0.2, 0.25) is 0 Å². The Morgan fingerprint density at radius 3 is 3.15 bits per heavy atom. The van der Waals surface area contributed by atoms with Gasteiger partial charge in [0.15, 0.2) is 0 Å². The van der Waals surface area contributed by atoms with E-state index < -0.39 is 0 Å². The van der Waals surface area contributed by atoms with E-state index in [9.17, 15) is 0 Å². The fourth-order valence-electron chi connectivity index (χ4n) is 1.25. The van der Waals surface area contributed by atoms with Gasteiger partial charge in [-0.05, 0) is 35.0 Å². The maximum Gasteiger partial charge on any atom is 0.0654 e. The largest absolute Gasteiger partial charge is 0.159 e. The van der Waals surface area contributed by atoms with Crippen molar-refractivity contribution in [1.29, 1.82) is 0 Å². The van der Waals surface area contributed by atoms with E-state index in [0.717, 1.165) is 10.9 Å². The van der Waals surface area contributed by atoms with E-state index in [1.807, 2.05) is 18.0 Å². The first-order chi connectivity index (χ1) is 6.25. The molecular formula is C8H10BrN3S. The van der Waals surface area contributed by atoms with Crippen LogP contribution < -0.4 is 0 Å². The molecule has 5 heteroatoms. The van der Waals surface area contributed by atoms with Crippen LogP contribution in [0, 0.1) is 0 Å². The smallest absolute Gasteiger partial charge is 0.0654 e. The quantitative estimate of drug-likeness (QED) is 0.776. The minimum absolute atomic E-state index is 0.544. The zero-order valence-corrected chi connectivity index (χ0v) is 9.68. The Labute approximate surface area is 89.7 Å². The molecule has 0 saturated carbocycles. The molecule has 2 rings (SSSR count). The number of hydrogen-bond donors (Lipinski definition) is 0. The average Bonchev–Trinajstić information content (AvgIpc) is 2.64. The van der Waals surface area contributed by atoms with Crippen LogP contribution in [0.1, 0.15) is 13.3 Å². The molecule has 1 fully saturated rings. The molecule has 13 heavy (non-hydrogen) atoms. The Balaban J connectivity index is 2.19. The summed E-state index contributed by atoms with van der Waals surface area (Å²) in [5.41, 5.74) is 1.24. The van der Waals surface area contributed by atoms with Gasteiger partial charge in [-0.3, -0.25) is 0 Å². The van der Waals surface area contributed by atoms with Crippen molar-refractivity contribution < 1.29 is 0 Å². The summed E-state index contributed by atoms with van der Waals surface area (Å²) in [6, 6.07) is 0. The summed E-state index contributed by atoms with van der Waals surface area (Å²) in [7, 11) is 0. The first-order valence-corrected chi connectivity index (χ1v) is 5.99. The number of nitrogens with zero attached hydrogens (tertiary/aromatic N) is 3. The molecule has 1 atom stereocenters. The predicted octanol–water partition coefficient (Wildman–Crippen LogP) is 2.38. The molecule has 0 aliphatic carbocycles. The van der Waals surface area contributed by atoms with Gasteiger partial charge in [-0.2, -0.15) is 26.8 Å². The summed E-state index contributed by atoms with van der Waals surface area (Å²) in [4.78, 5) is 1.63. The van der Waals surface area contributed by atoms with Gasteiger partial charge in [0, 0.05) is 5.25 Å². The molecule has 1 aromatic heterocycles. The molecule has 0 radical (unpaired) electrons. The molecule has 1 saturated heterocycles. The van der Waals surface area contributed by atoms with Crippen LogP contribution in [0.3, 0.4) is 0 Å². The predicted molar refractivity (Wildman–Crippen MR) is 59.3 cm³/mol. The molecule has 0 bridgehead atoms. The third-order valence-electron chi connectivity index (χ3n) is 1.96. The van der Waals surface area contributed by atoms with Crippen LogP contribution in [0.25, 0.3) is 0 Å². The maximum atomic E-state index is 4.43. The highest BCUT2D eigenvalue weighted by Gasteiger charge is 2.18. The second-order valence-electron chi connectivity index (χ2n) is 2.93. The van der Waals surface area contributed by atoms with Crippen molar-refractivity contribution in [3.8, 4) is 0 Å². The summed E-state index contributed by atoms with van der Waals surface area (Å²) in [6.07, 6.45) is 4.70. The molecule has 0 amide bonds. The fourth-order valence-corrected chi connectivity index (χ4v) is 2.56. The van der Waals surface area contributed by atoms with Crippen LogP contribution in [0.5, 0.6) is 0 Å². The van der Waals surface area contributed by atoms with E-state index in [0.29, 0.717) is 5.25 Å². The topological polar surface area (TPSA) is 30.2 Å². The van der Waals surface area contributed by atoms with Crippen LogP contribution in [-0.2, 0) is 0 Å². The van der Waals surface area contributed by atoms with Crippen LogP contribution in [-0.4, -0.2) is 26.6 Å². The second-order valence-corrected chi connectivity index (χ2v) is 5.30. The van der Waals surface area contributed by atoms with Crippen molar-refractivity contribution >= 4 is 33.4 Å². The molecule has 1 unspecified atom stereocenters. The second kappa shape index (κ2) is 3.84. The van der Waals surface area contributed by atoms with Crippen molar-refractivity contribution in [2.75, 3.05) is 5.75 Å². The number of aromatic nitrogens is 2. The van der Waals surface area contributed by atoms with Crippen molar-refractivity contribution in [3.05, 3.63) is 16.9 Å². The van der Waals surface area contributed by atoms with Crippen LogP contribution >= 0.6 is 27.7 Å². The van der Waals surface area contributed by atoms with Crippen LogP contribution in [0.15, 0.2) is 22.0 Å². The highest BCUT2D eigenvalue weighted by Crippen LogP contribution is 2.23. The van der Waals surface area contributed by atoms with Gasteiger partial charge in [-0.25, -0.2) is 0 Å². The first kappa shape index (κ1) is 9.27. The van der Waals surface area contributed by atoms with Crippen molar-refractivity contribution in [2.45, 2.75) is 18.6 Å². The average molecular weight is 260 g/mol. The third-order valence-corrected chi connectivity index (χ3v) is 3.59. The van der Waals surface area contributed by atoms with Gasteiger partial charge in [0.1, 0.15) is 0 Å². The number of hydrogen-bond acceptors (Lipinski definition) is 3. The minimum atomic E-state index is 0.544. The van der Waals surface area contributed by atoms with E-state index in [-0.39, 0.29) is 0 Å². The Hall–Kier alpha value is -0.290. The highest BCUT2D eigenvalue weighted by molar-refractivity contribution is 9.10. The van der Waals surface area contributed by atoms with Gasteiger partial charge in [-0.1, -0.05) is 0 Å². The number of halogens is 1. The lowest BCUT2D eigenvalue weighted by atomic mass is 10.2. The zero-order chi connectivity index (χ0) is 9.26. The van der Waals surface area contributed by atoms with Crippen molar-refractivity contribution in [1.82, 2.24) is 9.89 Å². The van der Waals surface area contributed by atoms with Crippen molar-refractivity contribution in [3.63, 3.8) is 0 Å². The lowest BCUT2D eigenvalue weighted by Gasteiger charge is -2.00. The molecule has 2 heterocycles. The summed E-state index contributed by atoms with van der Waals surface area (Å²) in [5, 5.41) is 9.06. The molecular weight excluding hydrogens is 250 g/mol. The van der Waals surface area contributed by atoms with E-state index >= 15 is 0 Å². The molecule has 0 N–H and O–H groups in total. The lowest BCUT2D eigenvalue weighted by molar-refractivity contribution is 0.734. The summed E-state index contributed by atoms with van der Waals surface area (Å²) in [5.74, 6) is 1.18. The zero-order valence-electron chi connectivity index (χ0n) is 7.27. The molecule has 3 nitrogen and oxygen atoms in total. The van der Waals surface area contributed by atoms with Gasteiger partial charge in [0.05, 0.1) is 22.6 Å². The van der Waals surface area contributed by atoms with E-state index in [1.165, 1.54) is 11.5 Å². The molecule has 1 aromatic rings. The summed E-state index contributed by atoms with van der Waals surface area (Å²) >= 11 is 5.29.